The van der Waals surface area contributed by atoms with Gasteiger partial charge in [0, 0.05) is 11.3 Å². The topological polar surface area (TPSA) is 107 Å². The molecule has 0 aliphatic heterocycles. The van der Waals surface area contributed by atoms with Crippen molar-refractivity contribution in [1.29, 1.82) is 0 Å². The Hall–Kier alpha value is -3.29. The molecule has 1 aromatic heterocycles. The molecule has 0 spiro atoms. The second-order valence-corrected chi connectivity index (χ2v) is 7.19. The summed E-state index contributed by atoms with van der Waals surface area (Å²) in [7, 11) is 1.56. The Morgan fingerprint density at radius 2 is 1.73 bits per heavy atom. The molecule has 2 N–H and O–H groups in total. The van der Waals surface area contributed by atoms with Crippen molar-refractivity contribution in [2.75, 3.05) is 13.7 Å². The van der Waals surface area contributed by atoms with Crippen molar-refractivity contribution in [3.8, 4) is 5.75 Å². The van der Waals surface area contributed by atoms with Crippen molar-refractivity contribution in [1.82, 2.24) is 10.3 Å². The number of hydrogen-bond acceptors (Lipinski definition) is 6. The normalized spacial score (nSPS) is 11.7. The largest absolute Gasteiger partial charge is 0.496 e. The molecule has 0 aliphatic rings. The molecule has 1 atom stereocenters. The van der Waals surface area contributed by atoms with Gasteiger partial charge < -0.3 is 24.5 Å². The van der Waals surface area contributed by atoms with Crippen molar-refractivity contribution < 1.29 is 28.6 Å². The fraction of sp³-hybridized carbons (Fsp3) is 0.409. The SMILES string of the molecule is COc1ccccc1[C@H](C)NC(=O)COC(=O)c1[nH]c(C)c(C(=O)OC(C)C)c1C. The predicted molar refractivity (Wildman–Crippen MR) is 111 cm³/mol. The van der Waals surface area contributed by atoms with Crippen LogP contribution in [0.15, 0.2) is 24.3 Å². The molecule has 0 fully saturated rings. The van der Waals surface area contributed by atoms with Crippen LogP contribution in [-0.2, 0) is 14.3 Å². The summed E-state index contributed by atoms with van der Waals surface area (Å²) in [5.74, 6) is -1.04. The molecule has 2 rings (SSSR count). The Labute approximate surface area is 175 Å². The van der Waals surface area contributed by atoms with Gasteiger partial charge in [-0.25, -0.2) is 9.59 Å². The summed E-state index contributed by atoms with van der Waals surface area (Å²) in [6, 6.07) is 7.00. The minimum atomic E-state index is -0.723. The van der Waals surface area contributed by atoms with Gasteiger partial charge in [0.15, 0.2) is 6.61 Å². The number of amides is 1. The van der Waals surface area contributed by atoms with Crippen LogP contribution in [0.25, 0.3) is 0 Å². The summed E-state index contributed by atoms with van der Waals surface area (Å²) < 4.78 is 15.6. The molecule has 0 saturated heterocycles. The Kier molecular flexibility index (Phi) is 7.63. The zero-order valence-corrected chi connectivity index (χ0v) is 18.1. The fourth-order valence-corrected chi connectivity index (χ4v) is 3.12. The van der Waals surface area contributed by atoms with Gasteiger partial charge in [-0.05, 0) is 46.2 Å². The standard InChI is InChI=1S/C22H28N2O6/c1-12(2)30-21(26)19-13(3)20(24-15(19)5)22(27)29-11-18(25)23-14(4)16-9-7-8-10-17(16)28-6/h7-10,12,14,24H,11H2,1-6H3,(H,23,25)/t14-/m0/s1. The second kappa shape index (κ2) is 9.96. The number of aromatic amines is 1. The number of nitrogens with one attached hydrogen (secondary N) is 2. The van der Waals surface area contributed by atoms with Gasteiger partial charge >= 0.3 is 11.9 Å². The lowest BCUT2D eigenvalue weighted by Crippen LogP contribution is -2.31. The smallest absolute Gasteiger partial charge is 0.355 e. The summed E-state index contributed by atoms with van der Waals surface area (Å²) in [5.41, 5.74) is 2.15. The lowest BCUT2D eigenvalue weighted by atomic mass is 10.1. The highest BCUT2D eigenvalue weighted by Crippen LogP contribution is 2.24. The van der Waals surface area contributed by atoms with E-state index in [1.54, 1.807) is 40.9 Å². The summed E-state index contributed by atoms with van der Waals surface area (Å²) in [5, 5.41) is 2.77. The maximum atomic E-state index is 12.4. The minimum absolute atomic E-state index is 0.119. The molecular formula is C22H28N2O6. The second-order valence-electron chi connectivity index (χ2n) is 7.19. The molecule has 162 valence electrons. The molecule has 8 nitrogen and oxygen atoms in total. The van der Waals surface area contributed by atoms with E-state index in [4.69, 9.17) is 14.2 Å². The van der Waals surface area contributed by atoms with Crippen molar-refractivity contribution in [3.63, 3.8) is 0 Å². The molecule has 0 radical (unpaired) electrons. The molecule has 1 heterocycles. The van der Waals surface area contributed by atoms with Gasteiger partial charge in [-0.2, -0.15) is 0 Å². The molecule has 1 aromatic carbocycles. The first-order valence-electron chi connectivity index (χ1n) is 9.65. The average molecular weight is 416 g/mol. The van der Waals surface area contributed by atoms with E-state index in [2.05, 4.69) is 10.3 Å². The summed E-state index contributed by atoms with van der Waals surface area (Å²) in [6.07, 6.45) is -0.282. The van der Waals surface area contributed by atoms with Gasteiger partial charge in [0.25, 0.3) is 5.91 Å². The number of carbonyl (C=O) groups is 3. The van der Waals surface area contributed by atoms with Crippen molar-refractivity contribution in [3.05, 3.63) is 52.3 Å². The molecule has 30 heavy (non-hydrogen) atoms. The fourth-order valence-electron chi connectivity index (χ4n) is 3.12. The van der Waals surface area contributed by atoms with Gasteiger partial charge in [-0.3, -0.25) is 4.79 Å². The number of ether oxygens (including phenoxy) is 3. The highest BCUT2D eigenvalue weighted by Gasteiger charge is 2.25. The first-order chi connectivity index (χ1) is 14.1. The van der Waals surface area contributed by atoms with E-state index in [0.29, 0.717) is 22.6 Å². The van der Waals surface area contributed by atoms with Crippen LogP contribution in [0.2, 0.25) is 0 Å². The number of benzene rings is 1. The third kappa shape index (κ3) is 5.40. The summed E-state index contributed by atoms with van der Waals surface area (Å²) >= 11 is 0. The van der Waals surface area contributed by atoms with Crippen LogP contribution in [-0.4, -0.2) is 42.7 Å². The van der Waals surface area contributed by atoms with E-state index in [9.17, 15) is 14.4 Å². The zero-order chi connectivity index (χ0) is 22.4. The number of carbonyl (C=O) groups excluding carboxylic acids is 3. The van der Waals surface area contributed by atoms with Gasteiger partial charge in [-0.1, -0.05) is 18.2 Å². The Bertz CT molecular complexity index is 932. The molecule has 0 bridgehead atoms. The van der Waals surface area contributed by atoms with E-state index >= 15 is 0 Å². The van der Waals surface area contributed by atoms with Gasteiger partial charge in [0.2, 0.25) is 0 Å². The van der Waals surface area contributed by atoms with Crippen LogP contribution in [0.3, 0.4) is 0 Å². The quantitative estimate of drug-likeness (QED) is 0.640. The van der Waals surface area contributed by atoms with Crippen molar-refractivity contribution in [2.24, 2.45) is 0 Å². The van der Waals surface area contributed by atoms with Crippen LogP contribution in [0.1, 0.15) is 64.5 Å². The molecule has 1 amide bonds. The van der Waals surface area contributed by atoms with E-state index in [0.717, 1.165) is 5.56 Å². The Morgan fingerprint density at radius 3 is 2.37 bits per heavy atom. The first-order valence-corrected chi connectivity index (χ1v) is 9.65. The van der Waals surface area contributed by atoms with Crippen LogP contribution in [0.4, 0.5) is 0 Å². The van der Waals surface area contributed by atoms with Gasteiger partial charge in [0.05, 0.1) is 24.8 Å². The number of aromatic nitrogens is 1. The minimum Gasteiger partial charge on any atom is -0.496 e. The van der Waals surface area contributed by atoms with Crippen molar-refractivity contribution >= 4 is 17.8 Å². The number of para-hydroxylation sites is 1. The number of aryl methyl sites for hydroxylation is 1. The highest BCUT2D eigenvalue weighted by molar-refractivity contribution is 5.99. The number of rotatable bonds is 8. The van der Waals surface area contributed by atoms with Crippen LogP contribution in [0, 0.1) is 13.8 Å². The van der Waals surface area contributed by atoms with Gasteiger partial charge in [0.1, 0.15) is 11.4 Å². The molecule has 8 heteroatoms. The number of methoxy groups -OCH3 is 1. The third-order valence-corrected chi connectivity index (χ3v) is 4.51. The summed E-state index contributed by atoms with van der Waals surface area (Å²) in [6.45, 7) is 8.14. The van der Waals surface area contributed by atoms with E-state index in [1.807, 2.05) is 25.1 Å². The average Bonchev–Trinajstić information content (AvgIpc) is 2.99. The van der Waals surface area contributed by atoms with Crippen molar-refractivity contribution in [2.45, 2.75) is 46.8 Å². The number of hydrogen-bond donors (Lipinski definition) is 2. The Morgan fingerprint density at radius 1 is 1.07 bits per heavy atom. The van der Waals surface area contributed by atoms with Gasteiger partial charge in [-0.15, -0.1) is 0 Å². The molecule has 0 saturated carbocycles. The maximum Gasteiger partial charge on any atom is 0.355 e. The Balaban J connectivity index is 2.00. The lowest BCUT2D eigenvalue weighted by molar-refractivity contribution is -0.124. The van der Waals surface area contributed by atoms with Crippen LogP contribution < -0.4 is 10.1 Å². The monoisotopic (exact) mass is 416 g/mol. The molecule has 0 aliphatic carbocycles. The van der Waals surface area contributed by atoms with Crippen LogP contribution in [0.5, 0.6) is 5.75 Å². The lowest BCUT2D eigenvalue weighted by Gasteiger charge is -2.17. The first kappa shape index (κ1) is 23.0. The zero-order valence-electron chi connectivity index (χ0n) is 18.1. The van der Waals surface area contributed by atoms with E-state index < -0.39 is 24.5 Å². The number of H-pyrrole nitrogens is 1. The maximum absolute atomic E-state index is 12.4. The van der Waals surface area contributed by atoms with Crippen LogP contribution >= 0.6 is 0 Å². The highest BCUT2D eigenvalue weighted by atomic mass is 16.5. The third-order valence-electron chi connectivity index (χ3n) is 4.51. The molecule has 2 aromatic rings. The molecule has 0 unspecified atom stereocenters. The molecular weight excluding hydrogens is 388 g/mol. The number of esters is 2. The van der Waals surface area contributed by atoms with E-state index in [-0.39, 0.29) is 17.8 Å². The predicted octanol–water partition coefficient (Wildman–Crippen LogP) is 3.24. The summed E-state index contributed by atoms with van der Waals surface area (Å²) in [4.78, 5) is 39.8. The van der Waals surface area contributed by atoms with E-state index in [1.165, 1.54) is 0 Å².